The summed E-state index contributed by atoms with van der Waals surface area (Å²) in [6.45, 7) is 0. The fraction of sp³-hybridized carbons (Fsp3) is 0.0800. The van der Waals surface area contributed by atoms with Crippen molar-refractivity contribution in [3.8, 4) is 39.3 Å². The number of methoxy groups -OCH3 is 1. The molecule has 0 atom stereocenters. The predicted octanol–water partition coefficient (Wildman–Crippen LogP) is 6.51. The van der Waals surface area contributed by atoms with Gasteiger partial charge in [0.15, 0.2) is 0 Å². The van der Waals surface area contributed by atoms with E-state index in [1.807, 2.05) is 60.9 Å². The second-order valence-corrected chi connectivity index (χ2v) is 7.53. The van der Waals surface area contributed by atoms with Crippen molar-refractivity contribution in [3.63, 3.8) is 0 Å². The first-order valence-electron chi connectivity index (χ1n) is 9.32. The lowest BCUT2D eigenvalue weighted by molar-refractivity contribution is 0.415. The van der Waals surface area contributed by atoms with Gasteiger partial charge in [-0.05, 0) is 72.0 Å². The highest BCUT2D eigenvalue weighted by molar-refractivity contribution is 7.98. The van der Waals surface area contributed by atoms with Gasteiger partial charge in [0.1, 0.15) is 17.3 Å². The molecular weight excluding hydrogens is 399 g/mol. The molecule has 0 fully saturated rings. The molecule has 0 amide bonds. The lowest BCUT2D eigenvalue weighted by atomic mass is 9.95. The van der Waals surface area contributed by atoms with Gasteiger partial charge in [-0.2, -0.15) is 0 Å². The minimum absolute atomic E-state index is 0.358. The first-order chi connectivity index (χ1) is 14.6. The molecular formula is C25H19FO3S. The van der Waals surface area contributed by atoms with E-state index in [-0.39, 0.29) is 5.82 Å². The van der Waals surface area contributed by atoms with E-state index in [0.29, 0.717) is 16.9 Å². The summed E-state index contributed by atoms with van der Waals surface area (Å²) in [7, 11) is 1.60. The molecule has 0 radical (unpaired) electrons. The van der Waals surface area contributed by atoms with Gasteiger partial charge in [-0.25, -0.2) is 9.18 Å². The number of benzene rings is 3. The average Bonchev–Trinajstić information content (AvgIpc) is 2.79. The molecule has 30 heavy (non-hydrogen) atoms. The maximum Gasteiger partial charge on any atom is 0.344 e. The van der Waals surface area contributed by atoms with Crippen molar-refractivity contribution in [2.24, 2.45) is 0 Å². The van der Waals surface area contributed by atoms with Crippen molar-refractivity contribution in [2.45, 2.75) is 4.90 Å². The Bertz CT molecular complexity index is 1210. The van der Waals surface area contributed by atoms with Crippen LogP contribution >= 0.6 is 11.8 Å². The van der Waals surface area contributed by atoms with Crippen LogP contribution in [0.4, 0.5) is 4.39 Å². The second kappa shape index (κ2) is 8.59. The Labute approximate surface area is 178 Å². The van der Waals surface area contributed by atoms with Crippen LogP contribution < -0.4 is 10.4 Å². The van der Waals surface area contributed by atoms with Crippen LogP contribution in [0.2, 0.25) is 0 Å². The predicted molar refractivity (Wildman–Crippen MR) is 120 cm³/mol. The third-order valence-corrected chi connectivity index (χ3v) is 5.60. The highest BCUT2D eigenvalue weighted by Crippen LogP contribution is 2.34. The summed E-state index contributed by atoms with van der Waals surface area (Å²) in [4.78, 5) is 14.2. The van der Waals surface area contributed by atoms with Crippen molar-refractivity contribution in [1.82, 2.24) is 0 Å². The molecule has 0 aliphatic carbocycles. The molecule has 0 aliphatic heterocycles. The van der Waals surface area contributed by atoms with E-state index in [9.17, 15) is 9.18 Å². The maximum atomic E-state index is 13.4. The third-order valence-electron chi connectivity index (χ3n) is 4.86. The van der Waals surface area contributed by atoms with Gasteiger partial charge in [-0.1, -0.05) is 24.3 Å². The Morgan fingerprint density at radius 1 is 0.833 bits per heavy atom. The Kier molecular flexibility index (Phi) is 5.72. The highest BCUT2D eigenvalue weighted by Gasteiger charge is 2.17. The number of thioether (sulfide) groups is 1. The largest absolute Gasteiger partial charge is 0.497 e. The molecule has 4 aromatic rings. The normalized spacial score (nSPS) is 10.8. The Morgan fingerprint density at radius 2 is 1.43 bits per heavy atom. The molecule has 0 saturated carbocycles. The molecule has 0 aliphatic rings. The summed E-state index contributed by atoms with van der Waals surface area (Å²) in [5.74, 6) is 0.818. The minimum Gasteiger partial charge on any atom is -0.497 e. The van der Waals surface area contributed by atoms with Crippen LogP contribution in [0.15, 0.2) is 93.0 Å². The Morgan fingerprint density at radius 3 is 2.03 bits per heavy atom. The van der Waals surface area contributed by atoms with Crippen LogP contribution in [-0.2, 0) is 0 Å². The highest BCUT2D eigenvalue weighted by atomic mass is 32.2. The monoisotopic (exact) mass is 418 g/mol. The standard InChI is InChI=1S/C25H19FO3S/c1-28-20-11-5-17(6-12-20)23-15-22(16-7-13-21(30-2)14-8-16)24(25(27)29-23)18-3-9-19(26)10-4-18/h3-15H,1-2H3. The summed E-state index contributed by atoms with van der Waals surface area (Å²) in [5.41, 5.74) is 2.92. The van der Waals surface area contributed by atoms with Crippen molar-refractivity contribution < 1.29 is 13.5 Å². The molecule has 0 unspecified atom stereocenters. The first kappa shape index (κ1) is 20.0. The van der Waals surface area contributed by atoms with Gasteiger partial charge in [0.05, 0.1) is 12.7 Å². The third kappa shape index (κ3) is 4.02. The lowest BCUT2D eigenvalue weighted by Crippen LogP contribution is -2.06. The fourth-order valence-corrected chi connectivity index (χ4v) is 3.69. The number of ether oxygens (including phenoxy) is 1. The topological polar surface area (TPSA) is 39.4 Å². The van der Waals surface area contributed by atoms with Gasteiger partial charge in [0.2, 0.25) is 0 Å². The quantitative estimate of drug-likeness (QED) is 0.346. The molecule has 0 bridgehead atoms. The van der Waals surface area contributed by atoms with E-state index in [1.165, 1.54) is 12.1 Å². The van der Waals surface area contributed by atoms with Gasteiger partial charge in [-0.15, -0.1) is 11.8 Å². The van der Waals surface area contributed by atoms with Crippen molar-refractivity contribution in [1.29, 1.82) is 0 Å². The minimum atomic E-state index is -0.473. The van der Waals surface area contributed by atoms with Crippen LogP contribution in [0.3, 0.4) is 0 Å². The van der Waals surface area contributed by atoms with Gasteiger partial charge in [0, 0.05) is 16.0 Å². The Balaban J connectivity index is 1.92. The summed E-state index contributed by atoms with van der Waals surface area (Å²) in [6.07, 6.45) is 2.01. The van der Waals surface area contributed by atoms with Crippen LogP contribution in [0.1, 0.15) is 0 Å². The molecule has 0 N–H and O–H groups in total. The van der Waals surface area contributed by atoms with Crippen molar-refractivity contribution >= 4 is 11.8 Å². The molecule has 3 aromatic carbocycles. The SMILES string of the molecule is COc1ccc(-c2cc(-c3ccc(SC)cc3)c(-c3ccc(F)cc3)c(=O)o2)cc1. The van der Waals surface area contributed by atoms with E-state index in [1.54, 1.807) is 31.0 Å². The Hall–Kier alpha value is -3.31. The zero-order valence-corrected chi connectivity index (χ0v) is 17.3. The number of hydrogen-bond acceptors (Lipinski definition) is 4. The smallest absolute Gasteiger partial charge is 0.344 e. The van der Waals surface area contributed by atoms with Crippen LogP contribution in [0.5, 0.6) is 5.75 Å². The zero-order valence-electron chi connectivity index (χ0n) is 16.5. The molecule has 150 valence electrons. The molecule has 1 aromatic heterocycles. The molecule has 0 saturated heterocycles. The van der Waals surface area contributed by atoms with Gasteiger partial charge >= 0.3 is 5.63 Å². The van der Waals surface area contributed by atoms with Gasteiger partial charge in [0.25, 0.3) is 0 Å². The van der Waals surface area contributed by atoms with E-state index in [0.717, 1.165) is 27.3 Å². The number of hydrogen-bond donors (Lipinski definition) is 0. The van der Waals surface area contributed by atoms with E-state index in [2.05, 4.69) is 0 Å². The van der Waals surface area contributed by atoms with E-state index in [4.69, 9.17) is 9.15 Å². The molecule has 3 nitrogen and oxygen atoms in total. The van der Waals surface area contributed by atoms with E-state index < -0.39 is 5.63 Å². The van der Waals surface area contributed by atoms with Crippen LogP contribution in [0, 0.1) is 5.82 Å². The summed E-state index contributed by atoms with van der Waals surface area (Å²) in [6, 6.07) is 23.0. The molecule has 0 spiro atoms. The van der Waals surface area contributed by atoms with Crippen molar-refractivity contribution in [2.75, 3.05) is 13.4 Å². The first-order valence-corrected chi connectivity index (χ1v) is 10.5. The number of rotatable bonds is 5. The van der Waals surface area contributed by atoms with Crippen LogP contribution in [-0.4, -0.2) is 13.4 Å². The van der Waals surface area contributed by atoms with Crippen LogP contribution in [0.25, 0.3) is 33.6 Å². The summed E-state index contributed by atoms with van der Waals surface area (Å²) in [5, 5.41) is 0. The van der Waals surface area contributed by atoms with Gasteiger partial charge < -0.3 is 9.15 Å². The summed E-state index contributed by atoms with van der Waals surface area (Å²) >= 11 is 1.65. The summed E-state index contributed by atoms with van der Waals surface area (Å²) < 4.78 is 24.3. The maximum absolute atomic E-state index is 13.4. The lowest BCUT2D eigenvalue weighted by Gasteiger charge is -2.12. The second-order valence-electron chi connectivity index (χ2n) is 6.65. The van der Waals surface area contributed by atoms with Crippen molar-refractivity contribution in [3.05, 3.63) is 95.1 Å². The van der Waals surface area contributed by atoms with E-state index >= 15 is 0 Å². The molecule has 5 heteroatoms. The fourth-order valence-electron chi connectivity index (χ4n) is 3.28. The molecule has 4 rings (SSSR count). The molecule has 1 heterocycles. The average molecular weight is 418 g/mol. The zero-order chi connectivity index (χ0) is 21.1. The van der Waals surface area contributed by atoms with Gasteiger partial charge in [-0.3, -0.25) is 0 Å². The number of halogens is 1.